The van der Waals surface area contributed by atoms with Gasteiger partial charge in [0.1, 0.15) is 5.75 Å². The van der Waals surface area contributed by atoms with Gasteiger partial charge in [-0.25, -0.2) is 9.59 Å². The van der Waals surface area contributed by atoms with Crippen molar-refractivity contribution < 1.29 is 19.4 Å². The Balaban J connectivity index is 2.29. The first-order valence-corrected chi connectivity index (χ1v) is 5.94. The number of ether oxygens (including phenoxy) is 1. The summed E-state index contributed by atoms with van der Waals surface area (Å²) in [7, 11) is 0. The van der Waals surface area contributed by atoms with E-state index in [9.17, 15) is 9.59 Å². The maximum atomic E-state index is 12.1. The summed E-state index contributed by atoms with van der Waals surface area (Å²) < 4.78 is 5.16. The number of aliphatic carboxylic acids is 1. The molecular formula is C16H12O4. The van der Waals surface area contributed by atoms with E-state index in [-0.39, 0.29) is 5.57 Å². The SMILES string of the molecule is O=C(O)C=C(C(=O)Oc1ccccc1)c1ccccc1. The van der Waals surface area contributed by atoms with Crippen LogP contribution >= 0.6 is 0 Å². The highest BCUT2D eigenvalue weighted by Gasteiger charge is 2.15. The smallest absolute Gasteiger partial charge is 0.344 e. The number of benzene rings is 2. The van der Waals surface area contributed by atoms with E-state index < -0.39 is 11.9 Å². The van der Waals surface area contributed by atoms with E-state index in [0.29, 0.717) is 11.3 Å². The summed E-state index contributed by atoms with van der Waals surface area (Å²) >= 11 is 0. The van der Waals surface area contributed by atoms with Gasteiger partial charge in [0.15, 0.2) is 0 Å². The maximum Gasteiger partial charge on any atom is 0.344 e. The molecule has 100 valence electrons. The van der Waals surface area contributed by atoms with Gasteiger partial charge in [-0.05, 0) is 17.7 Å². The Bertz CT molecular complexity index is 630. The Morgan fingerprint density at radius 1 is 0.900 bits per heavy atom. The molecule has 0 atom stereocenters. The molecule has 4 heteroatoms. The van der Waals surface area contributed by atoms with Gasteiger partial charge in [0.05, 0.1) is 5.57 Å². The molecule has 0 aliphatic carbocycles. The predicted molar refractivity (Wildman–Crippen MR) is 74.1 cm³/mol. The Morgan fingerprint density at radius 3 is 2.00 bits per heavy atom. The van der Waals surface area contributed by atoms with Crippen LogP contribution in [0.2, 0.25) is 0 Å². The number of para-hydroxylation sites is 1. The van der Waals surface area contributed by atoms with E-state index in [2.05, 4.69) is 0 Å². The minimum absolute atomic E-state index is 0.00181. The van der Waals surface area contributed by atoms with Crippen LogP contribution in [0.15, 0.2) is 66.7 Å². The molecule has 0 bridgehead atoms. The van der Waals surface area contributed by atoms with Gasteiger partial charge < -0.3 is 9.84 Å². The fourth-order valence-electron chi connectivity index (χ4n) is 1.65. The number of carboxylic acids is 1. The van der Waals surface area contributed by atoms with Crippen molar-refractivity contribution in [3.05, 3.63) is 72.3 Å². The van der Waals surface area contributed by atoms with Crippen molar-refractivity contribution in [2.24, 2.45) is 0 Å². The van der Waals surface area contributed by atoms with Crippen LogP contribution in [0, 0.1) is 0 Å². The third-order valence-electron chi connectivity index (χ3n) is 2.53. The number of carbonyl (C=O) groups excluding carboxylic acids is 1. The van der Waals surface area contributed by atoms with E-state index in [4.69, 9.17) is 9.84 Å². The number of carbonyl (C=O) groups is 2. The Kier molecular flexibility index (Phi) is 4.29. The van der Waals surface area contributed by atoms with Crippen LogP contribution < -0.4 is 4.74 Å². The third kappa shape index (κ3) is 3.55. The lowest BCUT2D eigenvalue weighted by Gasteiger charge is -2.07. The van der Waals surface area contributed by atoms with Crippen molar-refractivity contribution in [3.63, 3.8) is 0 Å². The van der Waals surface area contributed by atoms with Crippen molar-refractivity contribution >= 4 is 17.5 Å². The zero-order chi connectivity index (χ0) is 14.4. The molecule has 0 spiro atoms. The van der Waals surface area contributed by atoms with Crippen molar-refractivity contribution in [2.75, 3.05) is 0 Å². The molecule has 0 aliphatic heterocycles. The van der Waals surface area contributed by atoms with Crippen LogP contribution in [0.5, 0.6) is 5.75 Å². The van der Waals surface area contributed by atoms with Gasteiger partial charge in [-0.3, -0.25) is 0 Å². The molecule has 0 aliphatic rings. The topological polar surface area (TPSA) is 63.6 Å². The molecule has 0 radical (unpaired) electrons. The van der Waals surface area contributed by atoms with Gasteiger partial charge >= 0.3 is 11.9 Å². The molecule has 2 aromatic rings. The van der Waals surface area contributed by atoms with E-state index >= 15 is 0 Å². The zero-order valence-corrected chi connectivity index (χ0v) is 10.5. The average molecular weight is 268 g/mol. The molecule has 20 heavy (non-hydrogen) atoms. The quantitative estimate of drug-likeness (QED) is 0.526. The monoisotopic (exact) mass is 268 g/mol. The number of hydrogen-bond acceptors (Lipinski definition) is 3. The van der Waals surface area contributed by atoms with E-state index in [1.165, 1.54) is 0 Å². The summed E-state index contributed by atoms with van der Waals surface area (Å²) in [5.74, 6) is -1.54. The number of carboxylic acid groups (broad SMARTS) is 1. The molecule has 2 rings (SSSR count). The van der Waals surface area contributed by atoms with E-state index in [0.717, 1.165) is 6.08 Å². The molecule has 0 saturated heterocycles. The van der Waals surface area contributed by atoms with Gasteiger partial charge in [0, 0.05) is 6.08 Å². The summed E-state index contributed by atoms with van der Waals surface area (Å²) in [4.78, 5) is 23.0. The highest BCUT2D eigenvalue weighted by molar-refractivity contribution is 6.20. The summed E-state index contributed by atoms with van der Waals surface area (Å²) in [5.41, 5.74) is 0.498. The largest absolute Gasteiger partial charge is 0.478 e. The fraction of sp³-hybridized carbons (Fsp3) is 0. The summed E-state index contributed by atoms with van der Waals surface area (Å²) in [6.07, 6.45) is 0.848. The number of esters is 1. The van der Waals surface area contributed by atoms with Crippen LogP contribution in [0.4, 0.5) is 0 Å². The highest BCUT2D eigenvalue weighted by Crippen LogP contribution is 2.18. The molecule has 0 amide bonds. The molecule has 0 fully saturated rings. The van der Waals surface area contributed by atoms with Gasteiger partial charge in [0.2, 0.25) is 0 Å². The van der Waals surface area contributed by atoms with Gasteiger partial charge in [-0.15, -0.1) is 0 Å². The lowest BCUT2D eigenvalue weighted by atomic mass is 10.1. The first-order chi connectivity index (χ1) is 9.66. The number of hydrogen-bond donors (Lipinski definition) is 1. The first-order valence-electron chi connectivity index (χ1n) is 5.94. The molecular weight excluding hydrogens is 256 g/mol. The van der Waals surface area contributed by atoms with Crippen molar-refractivity contribution in [2.45, 2.75) is 0 Å². The summed E-state index contributed by atoms with van der Waals surface area (Å²) in [6.45, 7) is 0. The third-order valence-corrected chi connectivity index (χ3v) is 2.53. The van der Waals surface area contributed by atoms with Crippen LogP contribution in [0.25, 0.3) is 5.57 Å². The minimum Gasteiger partial charge on any atom is -0.478 e. The van der Waals surface area contributed by atoms with Crippen LogP contribution in [0.3, 0.4) is 0 Å². The Morgan fingerprint density at radius 2 is 1.45 bits per heavy atom. The Labute approximate surface area is 115 Å². The molecule has 0 heterocycles. The van der Waals surface area contributed by atoms with Crippen molar-refractivity contribution in [3.8, 4) is 5.75 Å². The van der Waals surface area contributed by atoms with E-state index in [1.54, 1.807) is 60.7 Å². The second-order valence-electron chi connectivity index (χ2n) is 3.96. The highest BCUT2D eigenvalue weighted by atomic mass is 16.5. The standard InChI is InChI=1S/C16H12O4/c17-15(18)11-14(12-7-3-1-4-8-12)16(19)20-13-9-5-2-6-10-13/h1-11H,(H,17,18). The summed E-state index contributed by atoms with van der Waals surface area (Å²) in [5, 5.41) is 8.88. The van der Waals surface area contributed by atoms with Crippen molar-refractivity contribution in [1.82, 2.24) is 0 Å². The van der Waals surface area contributed by atoms with Gasteiger partial charge in [-0.1, -0.05) is 48.5 Å². The van der Waals surface area contributed by atoms with Crippen LogP contribution in [-0.4, -0.2) is 17.0 Å². The lowest BCUT2D eigenvalue weighted by Crippen LogP contribution is -2.12. The van der Waals surface area contributed by atoms with E-state index in [1.807, 2.05) is 0 Å². The lowest BCUT2D eigenvalue weighted by molar-refractivity contribution is -0.132. The molecule has 4 nitrogen and oxygen atoms in total. The van der Waals surface area contributed by atoms with Gasteiger partial charge in [0.25, 0.3) is 0 Å². The molecule has 2 aromatic carbocycles. The minimum atomic E-state index is -1.20. The zero-order valence-electron chi connectivity index (χ0n) is 10.5. The second kappa shape index (κ2) is 6.33. The first kappa shape index (κ1) is 13.5. The second-order valence-corrected chi connectivity index (χ2v) is 3.96. The molecule has 0 unspecified atom stereocenters. The normalized spacial score (nSPS) is 10.9. The van der Waals surface area contributed by atoms with Gasteiger partial charge in [-0.2, -0.15) is 0 Å². The Hall–Kier alpha value is -2.88. The predicted octanol–water partition coefficient (Wildman–Crippen LogP) is 2.76. The molecule has 0 saturated carbocycles. The van der Waals surface area contributed by atoms with Crippen LogP contribution in [-0.2, 0) is 9.59 Å². The van der Waals surface area contributed by atoms with Crippen molar-refractivity contribution in [1.29, 1.82) is 0 Å². The number of rotatable bonds is 4. The molecule has 1 N–H and O–H groups in total. The maximum absolute atomic E-state index is 12.1. The van der Waals surface area contributed by atoms with Crippen LogP contribution in [0.1, 0.15) is 5.56 Å². The average Bonchev–Trinajstić information content (AvgIpc) is 2.46. The summed E-state index contributed by atoms with van der Waals surface area (Å²) in [6, 6.07) is 17.0. The fourth-order valence-corrected chi connectivity index (χ4v) is 1.65. The molecule has 0 aromatic heterocycles.